The van der Waals surface area contributed by atoms with Crippen LogP contribution in [0.1, 0.15) is 52.4 Å². The van der Waals surface area contributed by atoms with Crippen molar-refractivity contribution in [2.24, 2.45) is 5.92 Å². The maximum Gasteiger partial charge on any atom is 0.308 e. The minimum absolute atomic E-state index is 0.0202. The molecule has 1 saturated carbocycles. The number of nitrogens with one attached hydrogen (secondary N) is 1. The molecule has 0 radical (unpaired) electrons. The van der Waals surface area contributed by atoms with Crippen molar-refractivity contribution < 1.29 is 14.3 Å². The predicted molar refractivity (Wildman–Crippen MR) is 76.1 cm³/mol. The minimum Gasteiger partial charge on any atom is -0.466 e. The number of hydrogen-bond acceptors (Lipinski definition) is 4. The lowest BCUT2D eigenvalue weighted by Gasteiger charge is -2.28. The molecule has 0 bridgehead atoms. The summed E-state index contributed by atoms with van der Waals surface area (Å²) in [4.78, 5) is 11.7. The van der Waals surface area contributed by atoms with Gasteiger partial charge in [0.05, 0.1) is 19.1 Å². The average molecular weight is 271 g/mol. The van der Waals surface area contributed by atoms with E-state index in [9.17, 15) is 4.79 Å². The molecule has 1 aliphatic carbocycles. The van der Waals surface area contributed by atoms with Crippen LogP contribution in [0.4, 0.5) is 0 Å². The van der Waals surface area contributed by atoms with E-state index in [1.54, 1.807) is 0 Å². The zero-order chi connectivity index (χ0) is 13.9. The van der Waals surface area contributed by atoms with E-state index in [1.807, 2.05) is 6.92 Å². The van der Waals surface area contributed by atoms with Gasteiger partial charge < -0.3 is 14.8 Å². The van der Waals surface area contributed by atoms with Crippen LogP contribution in [0.15, 0.2) is 0 Å². The highest BCUT2D eigenvalue weighted by Gasteiger charge is 2.27. The van der Waals surface area contributed by atoms with Crippen LogP contribution in [0, 0.1) is 5.92 Å². The number of carbonyl (C=O) groups excluding carboxylic acids is 1. The third-order valence-electron chi connectivity index (χ3n) is 3.62. The van der Waals surface area contributed by atoms with Gasteiger partial charge in [-0.15, -0.1) is 0 Å². The molecule has 4 nitrogen and oxygen atoms in total. The van der Waals surface area contributed by atoms with Crippen LogP contribution in [-0.4, -0.2) is 38.4 Å². The summed E-state index contributed by atoms with van der Waals surface area (Å²) in [5.41, 5.74) is 0. The topological polar surface area (TPSA) is 47.6 Å². The van der Waals surface area contributed by atoms with Crippen LogP contribution >= 0.6 is 0 Å². The molecule has 0 aliphatic heterocycles. The van der Waals surface area contributed by atoms with Crippen LogP contribution in [0.2, 0.25) is 0 Å². The Kier molecular flexibility index (Phi) is 8.84. The van der Waals surface area contributed by atoms with Crippen molar-refractivity contribution in [3.05, 3.63) is 0 Å². The third-order valence-corrected chi connectivity index (χ3v) is 3.62. The predicted octanol–water partition coefficient (Wildman–Crippen LogP) is 2.51. The van der Waals surface area contributed by atoms with E-state index in [-0.39, 0.29) is 11.9 Å². The monoisotopic (exact) mass is 271 g/mol. The average Bonchev–Trinajstić information content (AvgIpc) is 2.43. The van der Waals surface area contributed by atoms with Crippen LogP contribution < -0.4 is 5.32 Å². The Morgan fingerprint density at radius 2 is 2.11 bits per heavy atom. The first-order valence-electron chi connectivity index (χ1n) is 7.75. The second-order valence-electron chi connectivity index (χ2n) is 5.23. The molecule has 1 fully saturated rings. The molecule has 0 saturated heterocycles. The van der Waals surface area contributed by atoms with Crippen molar-refractivity contribution in [3.63, 3.8) is 0 Å². The van der Waals surface area contributed by atoms with Crippen molar-refractivity contribution in [2.45, 2.75) is 58.4 Å². The Hall–Kier alpha value is -0.610. The van der Waals surface area contributed by atoms with Gasteiger partial charge in [-0.2, -0.15) is 0 Å². The normalized spacial score (nSPS) is 23.3. The van der Waals surface area contributed by atoms with Gasteiger partial charge in [0.15, 0.2) is 0 Å². The van der Waals surface area contributed by atoms with E-state index in [0.29, 0.717) is 12.6 Å². The zero-order valence-electron chi connectivity index (χ0n) is 12.5. The summed E-state index contributed by atoms with van der Waals surface area (Å²) in [6, 6.07) is 0.443. The van der Waals surface area contributed by atoms with E-state index in [2.05, 4.69) is 12.2 Å². The van der Waals surface area contributed by atoms with Gasteiger partial charge in [0.2, 0.25) is 0 Å². The van der Waals surface area contributed by atoms with E-state index in [0.717, 1.165) is 51.9 Å². The van der Waals surface area contributed by atoms with E-state index in [4.69, 9.17) is 9.47 Å². The molecule has 1 N–H and O–H groups in total. The highest BCUT2D eigenvalue weighted by Crippen LogP contribution is 2.25. The standard InChI is InChI=1S/C15H29NO3/c1-3-5-10-18-11-9-16-14-8-6-7-13(12-14)15(17)19-4-2/h13-14,16H,3-12H2,1-2H3. The number of ether oxygens (including phenoxy) is 2. The number of rotatable bonds is 9. The molecule has 0 aromatic rings. The van der Waals surface area contributed by atoms with Gasteiger partial charge in [-0.25, -0.2) is 0 Å². The van der Waals surface area contributed by atoms with Crippen molar-refractivity contribution in [3.8, 4) is 0 Å². The second-order valence-corrected chi connectivity index (χ2v) is 5.23. The summed E-state index contributed by atoms with van der Waals surface area (Å²) in [5, 5.41) is 3.49. The molecular weight excluding hydrogens is 242 g/mol. The van der Waals surface area contributed by atoms with Crippen molar-refractivity contribution in [2.75, 3.05) is 26.4 Å². The zero-order valence-corrected chi connectivity index (χ0v) is 12.5. The van der Waals surface area contributed by atoms with Gasteiger partial charge in [-0.3, -0.25) is 4.79 Å². The van der Waals surface area contributed by atoms with Crippen LogP contribution in [0.3, 0.4) is 0 Å². The third kappa shape index (κ3) is 6.92. The molecule has 2 atom stereocenters. The van der Waals surface area contributed by atoms with Gasteiger partial charge in [0, 0.05) is 19.2 Å². The van der Waals surface area contributed by atoms with Gasteiger partial charge in [-0.1, -0.05) is 19.8 Å². The quantitative estimate of drug-likeness (QED) is 0.517. The van der Waals surface area contributed by atoms with Crippen LogP contribution in [-0.2, 0) is 14.3 Å². The maximum absolute atomic E-state index is 11.7. The largest absolute Gasteiger partial charge is 0.466 e. The fourth-order valence-corrected chi connectivity index (χ4v) is 2.53. The molecule has 112 valence electrons. The molecule has 0 amide bonds. The summed E-state index contributed by atoms with van der Waals surface area (Å²) >= 11 is 0. The Morgan fingerprint density at radius 3 is 2.84 bits per heavy atom. The Morgan fingerprint density at radius 1 is 1.26 bits per heavy atom. The summed E-state index contributed by atoms with van der Waals surface area (Å²) in [6.07, 6.45) is 6.46. The molecule has 0 aromatic carbocycles. The Balaban J connectivity index is 2.11. The molecule has 19 heavy (non-hydrogen) atoms. The lowest BCUT2D eigenvalue weighted by Crippen LogP contribution is -2.38. The van der Waals surface area contributed by atoms with Gasteiger partial charge in [0.1, 0.15) is 0 Å². The second kappa shape index (κ2) is 10.2. The van der Waals surface area contributed by atoms with Crippen molar-refractivity contribution >= 4 is 5.97 Å². The molecule has 0 aromatic heterocycles. The molecule has 0 heterocycles. The van der Waals surface area contributed by atoms with E-state index >= 15 is 0 Å². The summed E-state index contributed by atoms with van der Waals surface area (Å²) in [5.74, 6) is 0.0698. The van der Waals surface area contributed by atoms with Gasteiger partial charge in [-0.05, 0) is 32.6 Å². The lowest BCUT2D eigenvalue weighted by atomic mass is 9.86. The minimum atomic E-state index is -0.0202. The number of unbranched alkanes of at least 4 members (excludes halogenated alkanes) is 1. The first-order valence-corrected chi connectivity index (χ1v) is 7.75. The molecule has 1 rings (SSSR count). The number of esters is 1. The van der Waals surface area contributed by atoms with Crippen molar-refractivity contribution in [1.82, 2.24) is 5.32 Å². The summed E-state index contributed by atoms with van der Waals surface area (Å²) in [7, 11) is 0. The number of carbonyl (C=O) groups is 1. The summed E-state index contributed by atoms with van der Waals surface area (Å²) < 4.78 is 10.6. The fourth-order valence-electron chi connectivity index (χ4n) is 2.53. The maximum atomic E-state index is 11.7. The van der Waals surface area contributed by atoms with E-state index < -0.39 is 0 Å². The van der Waals surface area contributed by atoms with Crippen LogP contribution in [0.25, 0.3) is 0 Å². The Labute approximate surface area is 117 Å². The summed E-state index contributed by atoms with van der Waals surface area (Å²) in [6.45, 7) is 7.01. The smallest absolute Gasteiger partial charge is 0.308 e. The molecule has 1 aliphatic rings. The molecule has 2 unspecified atom stereocenters. The molecule has 0 spiro atoms. The fraction of sp³-hybridized carbons (Fsp3) is 0.933. The highest BCUT2D eigenvalue weighted by molar-refractivity contribution is 5.72. The highest BCUT2D eigenvalue weighted by atomic mass is 16.5. The number of hydrogen-bond donors (Lipinski definition) is 1. The van der Waals surface area contributed by atoms with Crippen molar-refractivity contribution in [1.29, 1.82) is 0 Å². The van der Waals surface area contributed by atoms with E-state index in [1.165, 1.54) is 6.42 Å². The first kappa shape index (κ1) is 16.4. The molecule has 4 heteroatoms. The van der Waals surface area contributed by atoms with Crippen LogP contribution in [0.5, 0.6) is 0 Å². The first-order chi connectivity index (χ1) is 9.27. The SMILES string of the molecule is CCCCOCCNC1CCCC(C(=O)OCC)C1. The molecular formula is C15H29NO3. The Bertz CT molecular complexity index is 246. The van der Waals surface area contributed by atoms with Gasteiger partial charge in [0.25, 0.3) is 0 Å². The van der Waals surface area contributed by atoms with Gasteiger partial charge >= 0.3 is 5.97 Å². The lowest BCUT2D eigenvalue weighted by molar-refractivity contribution is -0.149.